The van der Waals surface area contributed by atoms with Crippen LogP contribution in [0.5, 0.6) is 0 Å². The molecule has 4 aliphatic carbocycles. The minimum Gasteiger partial charge on any atom is -0.478 e. The van der Waals surface area contributed by atoms with Gasteiger partial charge >= 0.3 is 5.97 Å². The Labute approximate surface area is 113 Å². The van der Waals surface area contributed by atoms with Crippen molar-refractivity contribution >= 4 is 5.97 Å². The highest BCUT2D eigenvalue weighted by atomic mass is 16.4. The molecule has 1 aromatic heterocycles. The molecular weight excluding hydrogens is 238 g/mol. The van der Waals surface area contributed by atoms with Gasteiger partial charge in [0.2, 0.25) is 0 Å². The summed E-state index contributed by atoms with van der Waals surface area (Å²) >= 11 is 0. The second kappa shape index (κ2) is 3.81. The summed E-state index contributed by atoms with van der Waals surface area (Å²) in [4.78, 5) is 15.3. The number of carboxylic acids is 1. The van der Waals surface area contributed by atoms with E-state index in [1.807, 2.05) is 12.3 Å². The molecule has 4 bridgehead atoms. The van der Waals surface area contributed by atoms with E-state index in [1.54, 1.807) is 0 Å². The van der Waals surface area contributed by atoms with Crippen LogP contribution in [0, 0.1) is 17.8 Å². The summed E-state index contributed by atoms with van der Waals surface area (Å²) in [5.41, 5.74) is 1.77. The Morgan fingerprint density at radius 1 is 1.11 bits per heavy atom. The summed E-state index contributed by atoms with van der Waals surface area (Å²) in [5, 5.41) is 9.15. The Bertz CT molecular complexity index is 502. The maximum absolute atomic E-state index is 11.1. The monoisotopic (exact) mass is 257 g/mol. The molecule has 0 amide bonds. The van der Waals surface area contributed by atoms with E-state index < -0.39 is 5.97 Å². The molecule has 1 heterocycles. The molecular formula is C16H19NO2. The molecule has 3 heteroatoms. The largest absolute Gasteiger partial charge is 0.478 e. The fourth-order valence-electron chi connectivity index (χ4n) is 5.31. The average Bonchev–Trinajstić information content (AvgIpc) is 2.37. The van der Waals surface area contributed by atoms with E-state index in [4.69, 9.17) is 5.11 Å². The third-order valence-corrected chi connectivity index (χ3v) is 5.64. The van der Waals surface area contributed by atoms with Crippen LogP contribution < -0.4 is 0 Å². The fourth-order valence-corrected chi connectivity index (χ4v) is 5.31. The zero-order chi connectivity index (χ0) is 13.0. The number of nitrogens with zero attached hydrogens (tertiary/aromatic N) is 1. The van der Waals surface area contributed by atoms with E-state index in [0.29, 0.717) is 5.56 Å². The van der Waals surface area contributed by atoms with Gasteiger partial charge in [0.1, 0.15) is 0 Å². The minimum atomic E-state index is -0.862. The number of aromatic nitrogens is 1. The van der Waals surface area contributed by atoms with Crippen molar-refractivity contribution in [2.24, 2.45) is 17.8 Å². The highest BCUT2D eigenvalue weighted by Crippen LogP contribution is 2.60. The molecule has 3 nitrogen and oxygen atoms in total. The first kappa shape index (κ1) is 11.4. The number of rotatable bonds is 2. The van der Waals surface area contributed by atoms with Gasteiger partial charge in [-0.15, -0.1) is 0 Å². The third-order valence-electron chi connectivity index (χ3n) is 5.64. The Kier molecular flexibility index (Phi) is 2.30. The minimum absolute atomic E-state index is 0.243. The molecule has 0 radical (unpaired) electrons. The van der Waals surface area contributed by atoms with Gasteiger partial charge in [0.15, 0.2) is 0 Å². The SMILES string of the molecule is O=C(O)c1cncc(C23CC4CC(CC(C4)C2)C3)c1. The molecule has 100 valence electrons. The van der Waals surface area contributed by atoms with Crippen molar-refractivity contribution in [1.82, 2.24) is 4.98 Å². The number of hydrogen-bond acceptors (Lipinski definition) is 2. The first-order valence-corrected chi connectivity index (χ1v) is 7.33. The number of pyridine rings is 1. The maximum Gasteiger partial charge on any atom is 0.337 e. The normalized spacial score (nSPS) is 39.5. The molecule has 0 aliphatic heterocycles. The van der Waals surface area contributed by atoms with Gasteiger partial charge in [0, 0.05) is 12.4 Å². The van der Waals surface area contributed by atoms with Crippen LogP contribution in [-0.2, 0) is 5.41 Å². The molecule has 5 rings (SSSR count). The number of aromatic carboxylic acids is 1. The van der Waals surface area contributed by atoms with Crippen molar-refractivity contribution < 1.29 is 9.90 Å². The van der Waals surface area contributed by atoms with Crippen LogP contribution in [0.3, 0.4) is 0 Å². The van der Waals surface area contributed by atoms with Gasteiger partial charge in [-0.3, -0.25) is 4.98 Å². The molecule has 1 N–H and O–H groups in total. The maximum atomic E-state index is 11.1. The lowest BCUT2D eigenvalue weighted by Crippen LogP contribution is -2.48. The highest BCUT2D eigenvalue weighted by Gasteiger charge is 2.51. The van der Waals surface area contributed by atoms with Crippen molar-refractivity contribution in [3.05, 3.63) is 29.6 Å². The average molecular weight is 257 g/mol. The van der Waals surface area contributed by atoms with Gasteiger partial charge in [-0.2, -0.15) is 0 Å². The van der Waals surface area contributed by atoms with Crippen molar-refractivity contribution in [3.63, 3.8) is 0 Å². The summed E-state index contributed by atoms with van der Waals surface area (Å²) in [5.74, 6) is 1.76. The molecule has 1 aromatic rings. The zero-order valence-electron chi connectivity index (χ0n) is 11.0. The summed E-state index contributed by atoms with van der Waals surface area (Å²) in [6, 6.07) is 1.88. The first-order chi connectivity index (χ1) is 9.14. The van der Waals surface area contributed by atoms with Gasteiger partial charge in [-0.25, -0.2) is 4.79 Å². The lowest BCUT2D eigenvalue weighted by molar-refractivity contribution is -0.00537. The van der Waals surface area contributed by atoms with Gasteiger partial charge in [-0.05, 0) is 73.3 Å². The quantitative estimate of drug-likeness (QED) is 0.884. The molecule has 4 aliphatic rings. The van der Waals surface area contributed by atoms with Crippen molar-refractivity contribution in [2.75, 3.05) is 0 Å². The molecule has 4 saturated carbocycles. The van der Waals surface area contributed by atoms with Crippen LogP contribution in [0.15, 0.2) is 18.5 Å². The van der Waals surface area contributed by atoms with E-state index >= 15 is 0 Å². The summed E-state index contributed by atoms with van der Waals surface area (Å²) in [6.07, 6.45) is 11.4. The Balaban J connectivity index is 1.75. The Morgan fingerprint density at radius 3 is 2.21 bits per heavy atom. The van der Waals surface area contributed by atoms with Gasteiger partial charge < -0.3 is 5.11 Å². The predicted octanol–water partition coefficient (Wildman–Crippen LogP) is 3.25. The van der Waals surface area contributed by atoms with Crippen molar-refractivity contribution in [1.29, 1.82) is 0 Å². The second-order valence-corrected chi connectivity index (χ2v) is 6.97. The number of hydrogen-bond donors (Lipinski definition) is 1. The van der Waals surface area contributed by atoms with Gasteiger partial charge in [-0.1, -0.05) is 0 Å². The van der Waals surface area contributed by atoms with E-state index in [9.17, 15) is 4.79 Å². The predicted molar refractivity (Wildman–Crippen MR) is 71.0 cm³/mol. The lowest BCUT2D eigenvalue weighted by atomic mass is 9.48. The molecule has 19 heavy (non-hydrogen) atoms. The summed E-state index contributed by atoms with van der Waals surface area (Å²) in [6.45, 7) is 0. The van der Waals surface area contributed by atoms with E-state index in [0.717, 1.165) is 17.8 Å². The summed E-state index contributed by atoms with van der Waals surface area (Å²) in [7, 11) is 0. The third kappa shape index (κ3) is 1.71. The topological polar surface area (TPSA) is 50.2 Å². The molecule has 4 fully saturated rings. The van der Waals surface area contributed by atoms with Crippen LogP contribution in [0.1, 0.15) is 54.4 Å². The van der Waals surface area contributed by atoms with E-state index in [-0.39, 0.29) is 5.41 Å². The highest BCUT2D eigenvalue weighted by molar-refractivity contribution is 5.87. The standard InChI is InChI=1S/C16H19NO2/c18-15(19)13-4-14(9-17-8-13)16-5-10-1-11(6-16)3-12(2-10)7-16/h4,8-12H,1-3,5-7H2,(H,18,19). The van der Waals surface area contributed by atoms with Crippen molar-refractivity contribution in [2.45, 2.75) is 43.9 Å². The van der Waals surface area contributed by atoms with Gasteiger partial charge in [0.05, 0.1) is 5.56 Å². The molecule has 0 aromatic carbocycles. The van der Waals surface area contributed by atoms with Crippen LogP contribution >= 0.6 is 0 Å². The molecule has 0 spiro atoms. The van der Waals surface area contributed by atoms with Crippen LogP contribution in [0.2, 0.25) is 0 Å². The van der Waals surface area contributed by atoms with Crippen molar-refractivity contribution in [3.8, 4) is 0 Å². The second-order valence-electron chi connectivity index (χ2n) is 6.97. The molecule has 0 saturated heterocycles. The smallest absolute Gasteiger partial charge is 0.337 e. The summed E-state index contributed by atoms with van der Waals surface area (Å²) < 4.78 is 0. The van der Waals surface area contributed by atoms with Gasteiger partial charge in [0.25, 0.3) is 0 Å². The first-order valence-electron chi connectivity index (χ1n) is 7.33. The molecule has 0 atom stereocenters. The number of carboxylic acid groups (broad SMARTS) is 1. The zero-order valence-corrected chi connectivity index (χ0v) is 11.0. The van der Waals surface area contributed by atoms with Crippen LogP contribution in [0.25, 0.3) is 0 Å². The van der Waals surface area contributed by atoms with E-state index in [2.05, 4.69) is 4.98 Å². The number of carbonyl (C=O) groups is 1. The fraction of sp³-hybridized carbons (Fsp3) is 0.625. The van der Waals surface area contributed by atoms with Crippen LogP contribution in [0.4, 0.5) is 0 Å². The Hall–Kier alpha value is -1.38. The molecule has 0 unspecified atom stereocenters. The van der Waals surface area contributed by atoms with E-state index in [1.165, 1.54) is 50.3 Å². The van der Waals surface area contributed by atoms with Crippen LogP contribution in [-0.4, -0.2) is 16.1 Å². The Morgan fingerprint density at radius 2 is 1.68 bits per heavy atom. The lowest BCUT2D eigenvalue weighted by Gasteiger charge is -2.57.